The van der Waals surface area contributed by atoms with Gasteiger partial charge in [-0.2, -0.15) is 0 Å². The summed E-state index contributed by atoms with van der Waals surface area (Å²) in [6, 6.07) is 4.48. The maximum atomic E-state index is 12.4. The molecule has 1 atom stereocenters. The predicted octanol–water partition coefficient (Wildman–Crippen LogP) is 0.844. The van der Waals surface area contributed by atoms with E-state index in [1.807, 2.05) is 0 Å². The number of amides is 2. The Morgan fingerprint density at radius 1 is 1.47 bits per heavy atom. The lowest BCUT2D eigenvalue weighted by Gasteiger charge is -2.34. The molecule has 1 fully saturated rings. The summed E-state index contributed by atoms with van der Waals surface area (Å²) in [5, 5.41) is 3.58. The summed E-state index contributed by atoms with van der Waals surface area (Å²) in [5.74, 6) is -0.722. The zero-order chi connectivity index (χ0) is 14.0. The molecular formula is C12H13ClIN3O2. The molecule has 2 amide bonds. The SMILES string of the molecule is NC(=O)C1CNCCN1C(=O)c1ccc(I)c(Cl)c1. The molecule has 1 unspecified atom stereocenters. The first kappa shape index (κ1) is 14.5. The van der Waals surface area contributed by atoms with Gasteiger partial charge in [-0.1, -0.05) is 11.6 Å². The minimum Gasteiger partial charge on any atom is -0.368 e. The number of piperazine rings is 1. The molecule has 1 aliphatic heterocycles. The lowest BCUT2D eigenvalue weighted by atomic mass is 10.1. The molecule has 0 spiro atoms. The molecule has 0 aromatic heterocycles. The number of carbonyl (C=O) groups is 2. The molecule has 1 aromatic rings. The quantitative estimate of drug-likeness (QED) is 0.731. The van der Waals surface area contributed by atoms with Crippen LogP contribution in [-0.2, 0) is 4.79 Å². The standard InChI is InChI=1S/C12H13ClIN3O2/c13-8-5-7(1-2-9(8)14)12(19)17-4-3-16-6-10(17)11(15)18/h1-2,5,10,16H,3-4,6H2,(H2,15,18). The van der Waals surface area contributed by atoms with Crippen LogP contribution in [0, 0.1) is 3.57 Å². The number of nitrogens with two attached hydrogens (primary N) is 1. The molecule has 0 saturated carbocycles. The van der Waals surface area contributed by atoms with Crippen molar-refractivity contribution in [3.8, 4) is 0 Å². The molecule has 2 rings (SSSR count). The topological polar surface area (TPSA) is 75.4 Å². The van der Waals surface area contributed by atoms with Crippen molar-refractivity contribution in [3.05, 3.63) is 32.4 Å². The van der Waals surface area contributed by atoms with Crippen molar-refractivity contribution < 1.29 is 9.59 Å². The van der Waals surface area contributed by atoms with Gasteiger partial charge < -0.3 is 16.0 Å². The van der Waals surface area contributed by atoms with E-state index >= 15 is 0 Å². The second kappa shape index (κ2) is 6.06. The van der Waals surface area contributed by atoms with E-state index < -0.39 is 11.9 Å². The van der Waals surface area contributed by atoms with Crippen molar-refractivity contribution in [2.75, 3.05) is 19.6 Å². The van der Waals surface area contributed by atoms with Gasteiger partial charge in [0.2, 0.25) is 5.91 Å². The Morgan fingerprint density at radius 2 is 2.21 bits per heavy atom. The fraction of sp³-hybridized carbons (Fsp3) is 0.333. The van der Waals surface area contributed by atoms with Crippen molar-refractivity contribution in [1.82, 2.24) is 10.2 Å². The van der Waals surface area contributed by atoms with Crippen LogP contribution in [-0.4, -0.2) is 42.4 Å². The maximum Gasteiger partial charge on any atom is 0.254 e. The maximum absolute atomic E-state index is 12.4. The minimum atomic E-state index is -0.612. The van der Waals surface area contributed by atoms with Gasteiger partial charge in [0.25, 0.3) is 5.91 Å². The molecule has 1 aliphatic rings. The van der Waals surface area contributed by atoms with E-state index in [2.05, 4.69) is 27.9 Å². The Balaban J connectivity index is 2.26. The summed E-state index contributed by atoms with van der Waals surface area (Å²) in [4.78, 5) is 25.3. The Labute approximate surface area is 129 Å². The molecule has 1 saturated heterocycles. The van der Waals surface area contributed by atoms with Crippen LogP contribution in [0.5, 0.6) is 0 Å². The van der Waals surface area contributed by atoms with Gasteiger partial charge in [0, 0.05) is 28.8 Å². The first-order valence-corrected chi connectivity index (χ1v) is 7.22. The van der Waals surface area contributed by atoms with Gasteiger partial charge >= 0.3 is 0 Å². The first-order chi connectivity index (χ1) is 9.00. The summed E-state index contributed by atoms with van der Waals surface area (Å²) in [6.45, 7) is 1.49. The molecular weight excluding hydrogens is 381 g/mol. The van der Waals surface area contributed by atoms with Gasteiger partial charge in [0.15, 0.2) is 0 Å². The number of primary amides is 1. The zero-order valence-corrected chi connectivity index (χ0v) is 12.9. The van der Waals surface area contributed by atoms with Gasteiger partial charge in [-0.15, -0.1) is 0 Å². The number of carbonyl (C=O) groups excluding carboxylic acids is 2. The molecule has 19 heavy (non-hydrogen) atoms. The van der Waals surface area contributed by atoms with E-state index in [1.165, 1.54) is 4.90 Å². The number of nitrogens with one attached hydrogen (secondary N) is 1. The summed E-state index contributed by atoms with van der Waals surface area (Å²) >= 11 is 8.11. The van der Waals surface area contributed by atoms with Crippen molar-refractivity contribution in [3.63, 3.8) is 0 Å². The lowest BCUT2D eigenvalue weighted by Crippen LogP contribution is -2.58. The van der Waals surface area contributed by atoms with Crippen molar-refractivity contribution >= 4 is 46.0 Å². The molecule has 5 nitrogen and oxygen atoms in total. The molecule has 7 heteroatoms. The van der Waals surface area contributed by atoms with Gasteiger partial charge in [0.05, 0.1) is 5.02 Å². The number of hydrogen-bond donors (Lipinski definition) is 2. The summed E-state index contributed by atoms with van der Waals surface area (Å²) < 4.78 is 0.877. The highest BCUT2D eigenvalue weighted by Gasteiger charge is 2.31. The second-order valence-electron chi connectivity index (χ2n) is 4.25. The summed E-state index contributed by atoms with van der Waals surface area (Å²) in [7, 11) is 0. The Kier molecular flexibility index (Phi) is 4.64. The highest BCUT2D eigenvalue weighted by Crippen LogP contribution is 2.21. The number of rotatable bonds is 2. The monoisotopic (exact) mass is 393 g/mol. The van der Waals surface area contributed by atoms with Gasteiger partial charge in [-0.25, -0.2) is 0 Å². The van der Waals surface area contributed by atoms with Crippen LogP contribution in [0.2, 0.25) is 5.02 Å². The Hall–Kier alpha value is -0.860. The molecule has 102 valence electrons. The molecule has 0 aliphatic carbocycles. The average Bonchev–Trinajstić information content (AvgIpc) is 2.41. The third-order valence-electron chi connectivity index (χ3n) is 3.00. The van der Waals surface area contributed by atoms with Gasteiger partial charge in [-0.3, -0.25) is 9.59 Å². The predicted molar refractivity (Wildman–Crippen MR) is 81.1 cm³/mol. The summed E-state index contributed by atoms with van der Waals surface area (Å²) in [6.07, 6.45) is 0. The second-order valence-corrected chi connectivity index (χ2v) is 5.82. The van der Waals surface area contributed by atoms with Crippen LogP contribution < -0.4 is 11.1 Å². The smallest absolute Gasteiger partial charge is 0.254 e. The number of hydrogen-bond acceptors (Lipinski definition) is 3. The van der Waals surface area contributed by atoms with E-state index in [0.29, 0.717) is 30.2 Å². The molecule has 1 aromatic carbocycles. The molecule has 0 bridgehead atoms. The zero-order valence-electron chi connectivity index (χ0n) is 10.0. The molecule has 3 N–H and O–H groups in total. The molecule has 1 heterocycles. The van der Waals surface area contributed by atoms with E-state index in [4.69, 9.17) is 17.3 Å². The largest absolute Gasteiger partial charge is 0.368 e. The van der Waals surface area contributed by atoms with Crippen LogP contribution >= 0.6 is 34.2 Å². The third kappa shape index (κ3) is 3.18. The van der Waals surface area contributed by atoms with Gasteiger partial charge in [-0.05, 0) is 40.8 Å². The number of nitrogens with zero attached hydrogens (tertiary/aromatic N) is 1. The third-order valence-corrected chi connectivity index (χ3v) is 4.57. The first-order valence-electron chi connectivity index (χ1n) is 5.76. The highest BCUT2D eigenvalue weighted by molar-refractivity contribution is 14.1. The Bertz CT molecular complexity index is 524. The average molecular weight is 394 g/mol. The van der Waals surface area contributed by atoms with Crippen molar-refractivity contribution in [1.29, 1.82) is 0 Å². The van der Waals surface area contributed by atoms with E-state index in [9.17, 15) is 9.59 Å². The Morgan fingerprint density at radius 3 is 2.84 bits per heavy atom. The van der Waals surface area contributed by atoms with Crippen LogP contribution in [0.3, 0.4) is 0 Å². The summed E-state index contributed by atoms with van der Waals surface area (Å²) in [5.41, 5.74) is 5.80. The van der Waals surface area contributed by atoms with Crippen LogP contribution in [0.15, 0.2) is 18.2 Å². The van der Waals surface area contributed by atoms with Gasteiger partial charge in [0.1, 0.15) is 6.04 Å². The van der Waals surface area contributed by atoms with Crippen LogP contribution in [0.1, 0.15) is 10.4 Å². The molecule has 0 radical (unpaired) electrons. The van der Waals surface area contributed by atoms with Crippen molar-refractivity contribution in [2.24, 2.45) is 5.73 Å². The lowest BCUT2D eigenvalue weighted by molar-refractivity contribution is -0.122. The fourth-order valence-electron chi connectivity index (χ4n) is 2.00. The highest BCUT2D eigenvalue weighted by atomic mass is 127. The number of benzene rings is 1. The van der Waals surface area contributed by atoms with Crippen LogP contribution in [0.4, 0.5) is 0 Å². The van der Waals surface area contributed by atoms with E-state index in [-0.39, 0.29) is 5.91 Å². The van der Waals surface area contributed by atoms with E-state index in [0.717, 1.165) is 3.57 Å². The minimum absolute atomic E-state index is 0.219. The van der Waals surface area contributed by atoms with Crippen molar-refractivity contribution in [2.45, 2.75) is 6.04 Å². The van der Waals surface area contributed by atoms with Crippen LogP contribution in [0.25, 0.3) is 0 Å². The fourth-order valence-corrected chi connectivity index (χ4v) is 2.51. The number of halogens is 2. The normalized spacial score (nSPS) is 19.3. The van der Waals surface area contributed by atoms with E-state index in [1.54, 1.807) is 18.2 Å².